The first-order valence-corrected chi connectivity index (χ1v) is 12.2. The van der Waals surface area contributed by atoms with Crippen LogP contribution in [0.5, 0.6) is 11.5 Å². The van der Waals surface area contributed by atoms with Crippen molar-refractivity contribution in [2.24, 2.45) is 4.99 Å². The summed E-state index contributed by atoms with van der Waals surface area (Å²) in [4.78, 5) is 24.4. The summed E-state index contributed by atoms with van der Waals surface area (Å²) >= 11 is 1.83. The van der Waals surface area contributed by atoms with E-state index in [-0.39, 0.29) is 5.91 Å². The van der Waals surface area contributed by atoms with Crippen LogP contribution in [0.25, 0.3) is 10.9 Å². The number of rotatable bonds is 6. The Balaban J connectivity index is 1.23. The highest BCUT2D eigenvalue weighted by Crippen LogP contribution is 2.32. The van der Waals surface area contributed by atoms with Crippen molar-refractivity contribution in [3.63, 3.8) is 0 Å². The van der Waals surface area contributed by atoms with Crippen LogP contribution in [0.15, 0.2) is 59.6 Å². The number of nitrogens with zero attached hydrogens (tertiary/aromatic N) is 3. The quantitative estimate of drug-likeness (QED) is 0.608. The van der Waals surface area contributed by atoms with E-state index in [0.717, 1.165) is 78.0 Å². The first kappa shape index (κ1) is 21.1. The van der Waals surface area contributed by atoms with Crippen LogP contribution in [0.3, 0.4) is 0 Å². The molecule has 0 aliphatic carbocycles. The molecule has 3 heterocycles. The molecule has 1 fully saturated rings. The molecule has 1 amide bonds. The van der Waals surface area contributed by atoms with Gasteiger partial charge in [0.1, 0.15) is 10.8 Å². The zero-order chi connectivity index (χ0) is 21.9. The Labute approximate surface area is 192 Å². The predicted molar refractivity (Wildman–Crippen MR) is 131 cm³/mol. The molecule has 1 saturated heterocycles. The van der Waals surface area contributed by atoms with Crippen molar-refractivity contribution < 1.29 is 9.53 Å². The summed E-state index contributed by atoms with van der Waals surface area (Å²) < 4.78 is 6.11. The molecule has 1 N–H and O–H groups in total. The van der Waals surface area contributed by atoms with Crippen molar-refractivity contribution in [3.8, 4) is 11.5 Å². The van der Waals surface area contributed by atoms with Gasteiger partial charge in [0.25, 0.3) is 0 Å². The normalized spacial score (nSPS) is 19.3. The number of aromatic amines is 1. The van der Waals surface area contributed by atoms with Crippen LogP contribution in [-0.2, 0) is 4.79 Å². The Kier molecular flexibility index (Phi) is 6.19. The number of hydrogen-bond acceptors (Lipinski definition) is 5. The van der Waals surface area contributed by atoms with Crippen LogP contribution in [0.4, 0.5) is 0 Å². The minimum absolute atomic E-state index is 0.182. The molecule has 0 saturated carbocycles. The third kappa shape index (κ3) is 4.69. The minimum Gasteiger partial charge on any atom is -0.455 e. The van der Waals surface area contributed by atoms with Crippen molar-refractivity contribution in [2.75, 3.05) is 38.5 Å². The number of nitrogens with one attached hydrogen (secondary N) is 1. The second-order valence-electron chi connectivity index (χ2n) is 8.35. The van der Waals surface area contributed by atoms with Crippen LogP contribution in [-0.4, -0.2) is 70.3 Å². The Morgan fingerprint density at radius 2 is 1.94 bits per heavy atom. The summed E-state index contributed by atoms with van der Waals surface area (Å²) in [7, 11) is 0. The van der Waals surface area contributed by atoms with Crippen molar-refractivity contribution in [3.05, 3.63) is 60.3 Å². The summed E-state index contributed by atoms with van der Waals surface area (Å²) in [6.07, 6.45) is 1.05. The van der Waals surface area contributed by atoms with E-state index in [2.05, 4.69) is 22.0 Å². The SMILES string of the molecule is CC(=O)N1CCN(CC[C@@H]2CSC(c3cc4cccc(Oc5ccccc5)c4[nH]3)=N2)CC1. The lowest BCUT2D eigenvalue weighted by atomic mass is 10.2. The lowest BCUT2D eigenvalue weighted by Gasteiger charge is -2.34. The lowest BCUT2D eigenvalue weighted by molar-refractivity contribution is -0.130. The van der Waals surface area contributed by atoms with Crippen LogP contribution < -0.4 is 4.74 Å². The van der Waals surface area contributed by atoms with Gasteiger partial charge in [0.2, 0.25) is 5.91 Å². The minimum atomic E-state index is 0.182. The average Bonchev–Trinajstić information content (AvgIpc) is 3.46. The Morgan fingerprint density at radius 1 is 1.12 bits per heavy atom. The monoisotopic (exact) mass is 448 g/mol. The van der Waals surface area contributed by atoms with Crippen LogP contribution in [0.2, 0.25) is 0 Å². The number of carbonyl (C=O) groups excluding carboxylic acids is 1. The highest BCUT2D eigenvalue weighted by molar-refractivity contribution is 8.14. The number of carbonyl (C=O) groups is 1. The summed E-state index contributed by atoms with van der Waals surface area (Å²) in [5, 5.41) is 2.21. The molecule has 32 heavy (non-hydrogen) atoms. The molecule has 166 valence electrons. The highest BCUT2D eigenvalue weighted by Gasteiger charge is 2.24. The maximum Gasteiger partial charge on any atom is 0.219 e. The topological polar surface area (TPSA) is 60.9 Å². The first-order valence-electron chi connectivity index (χ1n) is 11.2. The molecule has 0 radical (unpaired) electrons. The maximum atomic E-state index is 11.5. The van der Waals surface area contributed by atoms with E-state index >= 15 is 0 Å². The van der Waals surface area contributed by atoms with E-state index in [1.54, 1.807) is 6.92 Å². The highest BCUT2D eigenvalue weighted by atomic mass is 32.2. The maximum absolute atomic E-state index is 11.5. The fraction of sp³-hybridized carbons (Fsp3) is 0.360. The summed E-state index contributed by atoms with van der Waals surface area (Å²) in [5.41, 5.74) is 2.06. The van der Waals surface area contributed by atoms with Gasteiger partial charge in [-0.15, -0.1) is 11.8 Å². The molecule has 0 unspecified atom stereocenters. The van der Waals surface area contributed by atoms with Gasteiger partial charge in [-0.2, -0.15) is 0 Å². The Morgan fingerprint density at radius 3 is 2.72 bits per heavy atom. The van der Waals surface area contributed by atoms with Gasteiger partial charge >= 0.3 is 0 Å². The zero-order valence-electron chi connectivity index (χ0n) is 18.3. The van der Waals surface area contributed by atoms with Gasteiger partial charge in [-0.25, -0.2) is 0 Å². The largest absolute Gasteiger partial charge is 0.455 e. The molecule has 0 spiro atoms. The van der Waals surface area contributed by atoms with Crippen LogP contribution in [0, 0.1) is 0 Å². The van der Waals surface area contributed by atoms with Gasteiger partial charge in [0, 0.05) is 50.8 Å². The van der Waals surface area contributed by atoms with Gasteiger partial charge < -0.3 is 14.6 Å². The number of para-hydroxylation sites is 2. The summed E-state index contributed by atoms with van der Waals surface area (Å²) in [6.45, 7) is 6.29. The number of thioether (sulfide) groups is 1. The van der Waals surface area contributed by atoms with Crippen molar-refractivity contribution in [1.29, 1.82) is 0 Å². The number of fused-ring (bicyclic) bond motifs is 1. The molecule has 2 aliphatic rings. The van der Waals surface area contributed by atoms with Crippen molar-refractivity contribution in [1.82, 2.24) is 14.8 Å². The number of aromatic nitrogens is 1. The fourth-order valence-corrected chi connectivity index (χ4v) is 5.35. The smallest absolute Gasteiger partial charge is 0.219 e. The number of hydrogen-bond donors (Lipinski definition) is 1. The van der Waals surface area contributed by atoms with E-state index in [0.29, 0.717) is 6.04 Å². The summed E-state index contributed by atoms with van der Waals surface area (Å²) in [6, 6.07) is 18.5. The second kappa shape index (κ2) is 9.38. The number of benzene rings is 2. The molecule has 3 aromatic rings. The van der Waals surface area contributed by atoms with Gasteiger partial charge in [0.05, 0.1) is 17.3 Å². The predicted octanol–water partition coefficient (Wildman–Crippen LogP) is 4.38. The van der Waals surface area contributed by atoms with E-state index < -0.39 is 0 Å². The summed E-state index contributed by atoms with van der Waals surface area (Å²) in [5.74, 6) is 2.85. The number of piperazine rings is 1. The van der Waals surface area contributed by atoms with Crippen molar-refractivity contribution >= 4 is 33.6 Å². The van der Waals surface area contributed by atoms with Gasteiger partial charge in [-0.05, 0) is 30.7 Å². The number of aliphatic imine (C=N–C) groups is 1. The van der Waals surface area contributed by atoms with Crippen LogP contribution in [0.1, 0.15) is 19.0 Å². The molecule has 1 aromatic heterocycles. The molecule has 7 heteroatoms. The fourth-order valence-electron chi connectivity index (χ4n) is 4.27. The van der Waals surface area contributed by atoms with E-state index in [1.807, 2.05) is 59.1 Å². The van der Waals surface area contributed by atoms with Crippen molar-refractivity contribution in [2.45, 2.75) is 19.4 Å². The molecular weight excluding hydrogens is 420 g/mol. The zero-order valence-corrected chi connectivity index (χ0v) is 19.1. The average molecular weight is 449 g/mol. The van der Waals surface area contributed by atoms with Gasteiger partial charge in [0.15, 0.2) is 5.75 Å². The van der Waals surface area contributed by atoms with Gasteiger partial charge in [-0.1, -0.05) is 30.3 Å². The molecule has 0 bridgehead atoms. The standard InChI is InChI=1S/C25H28N4O2S/c1-18(30)29-14-12-28(13-15-29)11-10-20-17-32-25(26-20)22-16-19-6-5-9-23(24(19)27-22)31-21-7-3-2-4-8-21/h2-9,16,20,27H,10-15,17H2,1H3/t20-/m1/s1. The number of amides is 1. The van der Waals surface area contributed by atoms with Gasteiger partial charge in [-0.3, -0.25) is 14.7 Å². The molecule has 5 rings (SSSR count). The Bertz CT molecular complexity index is 1120. The molecule has 2 aliphatic heterocycles. The first-order chi connectivity index (χ1) is 15.7. The lowest BCUT2D eigenvalue weighted by Crippen LogP contribution is -2.48. The third-order valence-corrected chi connectivity index (χ3v) is 7.28. The van der Waals surface area contributed by atoms with E-state index in [9.17, 15) is 4.79 Å². The molecular formula is C25H28N4O2S. The van der Waals surface area contributed by atoms with E-state index in [1.165, 1.54) is 0 Å². The Hall–Kier alpha value is -2.77. The molecule has 1 atom stereocenters. The third-order valence-electron chi connectivity index (χ3n) is 6.13. The number of ether oxygens (including phenoxy) is 1. The van der Waals surface area contributed by atoms with Crippen LogP contribution >= 0.6 is 11.8 Å². The second-order valence-corrected chi connectivity index (χ2v) is 9.36. The molecule has 6 nitrogen and oxygen atoms in total. The number of H-pyrrole nitrogens is 1. The molecule has 2 aromatic carbocycles. The van der Waals surface area contributed by atoms with E-state index in [4.69, 9.17) is 9.73 Å².